The van der Waals surface area contributed by atoms with Gasteiger partial charge in [0.05, 0.1) is 4.88 Å². The summed E-state index contributed by atoms with van der Waals surface area (Å²) in [5.74, 6) is 1.37. The van der Waals surface area contributed by atoms with E-state index in [1.807, 2.05) is 42.5 Å². The van der Waals surface area contributed by atoms with Gasteiger partial charge in [0.15, 0.2) is 0 Å². The highest BCUT2D eigenvalue weighted by Crippen LogP contribution is 2.33. The molecule has 1 heterocycles. The first kappa shape index (κ1) is 18.3. The van der Waals surface area contributed by atoms with Gasteiger partial charge in [0, 0.05) is 15.5 Å². The number of ketones is 1. The number of carbonyl (C=O) groups excluding carboxylic acids is 1. The maximum atomic E-state index is 12.6. The predicted molar refractivity (Wildman–Crippen MR) is 113 cm³/mol. The second-order valence-electron chi connectivity index (χ2n) is 6.13. The van der Waals surface area contributed by atoms with Gasteiger partial charge in [-0.3, -0.25) is 4.79 Å². The maximum absolute atomic E-state index is 12.6. The van der Waals surface area contributed by atoms with Crippen molar-refractivity contribution in [2.75, 3.05) is 0 Å². The van der Waals surface area contributed by atoms with Crippen molar-refractivity contribution >= 4 is 28.7 Å². The average Bonchev–Trinajstić information content (AvgIpc) is 3.20. The molecule has 0 saturated heterocycles. The largest absolute Gasteiger partial charge is 0.508 e. The Morgan fingerprint density at radius 1 is 0.857 bits per heavy atom. The summed E-state index contributed by atoms with van der Waals surface area (Å²) in [6, 6.07) is 25.0. The minimum Gasteiger partial charge on any atom is -0.508 e. The third-order valence-electron chi connectivity index (χ3n) is 4.11. The molecule has 0 atom stereocenters. The predicted octanol–water partition coefficient (Wildman–Crippen LogP) is 6.80. The first-order chi connectivity index (χ1) is 13.6. The Balaban J connectivity index is 1.57. The van der Waals surface area contributed by atoms with Gasteiger partial charge in [-0.2, -0.15) is 0 Å². The Morgan fingerprint density at radius 3 is 2.43 bits per heavy atom. The summed E-state index contributed by atoms with van der Waals surface area (Å²) in [6.45, 7) is 0. The number of carbonyl (C=O) groups is 1. The summed E-state index contributed by atoms with van der Waals surface area (Å²) in [5.41, 5.74) is 1.43. The number of phenolic OH excluding ortho intramolecular Hbond substituents is 1. The van der Waals surface area contributed by atoms with E-state index < -0.39 is 0 Å². The summed E-state index contributed by atoms with van der Waals surface area (Å²) < 4.78 is 5.88. The Kier molecular flexibility index (Phi) is 5.15. The van der Waals surface area contributed by atoms with E-state index >= 15 is 0 Å². The zero-order valence-corrected chi connectivity index (χ0v) is 16.2. The number of rotatable bonds is 5. The van der Waals surface area contributed by atoms with Gasteiger partial charge in [0.2, 0.25) is 5.78 Å². The first-order valence-electron chi connectivity index (χ1n) is 8.56. The van der Waals surface area contributed by atoms with E-state index in [0.29, 0.717) is 27.0 Å². The third kappa shape index (κ3) is 4.09. The van der Waals surface area contributed by atoms with E-state index in [1.54, 1.807) is 36.4 Å². The Hall–Kier alpha value is -3.08. The van der Waals surface area contributed by atoms with Crippen LogP contribution in [-0.2, 0) is 0 Å². The van der Waals surface area contributed by atoms with Gasteiger partial charge in [0.1, 0.15) is 17.2 Å². The zero-order valence-electron chi connectivity index (χ0n) is 14.6. The molecule has 0 aliphatic carbocycles. The highest BCUT2D eigenvalue weighted by atomic mass is 35.5. The molecular formula is C23H15ClO3S. The zero-order chi connectivity index (χ0) is 19.5. The van der Waals surface area contributed by atoms with E-state index in [0.717, 1.165) is 10.4 Å². The van der Waals surface area contributed by atoms with Crippen molar-refractivity contribution < 1.29 is 14.6 Å². The third-order valence-corrected chi connectivity index (χ3v) is 5.49. The minimum absolute atomic E-state index is 0.0784. The van der Waals surface area contributed by atoms with Crippen molar-refractivity contribution in [3.63, 3.8) is 0 Å². The monoisotopic (exact) mass is 406 g/mol. The fraction of sp³-hybridized carbons (Fsp3) is 0. The lowest BCUT2D eigenvalue weighted by Gasteiger charge is -2.07. The molecule has 0 unspecified atom stereocenters. The summed E-state index contributed by atoms with van der Waals surface area (Å²) in [7, 11) is 0. The minimum atomic E-state index is -0.110. The Morgan fingerprint density at radius 2 is 1.64 bits per heavy atom. The number of benzene rings is 3. The SMILES string of the molecule is O=C(c1cccc(O)c1)c1ccc(-c2cccc(Oc3ccc(Cl)cc3)c2)s1. The molecule has 3 nitrogen and oxygen atoms in total. The van der Waals surface area contributed by atoms with Crippen LogP contribution in [0.5, 0.6) is 17.2 Å². The molecular weight excluding hydrogens is 392 g/mol. The second kappa shape index (κ2) is 7.89. The Labute approximate surface area is 171 Å². The van der Waals surface area contributed by atoms with Gasteiger partial charge in [-0.25, -0.2) is 0 Å². The maximum Gasteiger partial charge on any atom is 0.203 e. The molecule has 138 valence electrons. The molecule has 3 aromatic carbocycles. The summed E-state index contributed by atoms with van der Waals surface area (Å²) in [5, 5.41) is 10.2. The van der Waals surface area contributed by atoms with Crippen molar-refractivity contribution in [3.05, 3.63) is 100 Å². The van der Waals surface area contributed by atoms with Crippen LogP contribution in [0.4, 0.5) is 0 Å². The highest BCUT2D eigenvalue weighted by Gasteiger charge is 2.13. The fourth-order valence-electron chi connectivity index (χ4n) is 2.76. The number of hydrogen-bond donors (Lipinski definition) is 1. The first-order valence-corrected chi connectivity index (χ1v) is 9.75. The van der Waals surface area contributed by atoms with Crippen molar-refractivity contribution in [1.82, 2.24) is 0 Å². The van der Waals surface area contributed by atoms with E-state index in [4.69, 9.17) is 16.3 Å². The normalized spacial score (nSPS) is 10.6. The van der Waals surface area contributed by atoms with Crippen LogP contribution >= 0.6 is 22.9 Å². The van der Waals surface area contributed by atoms with Crippen LogP contribution in [0, 0.1) is 0 Å². The highest BCUT2D eigenvalue weighted by molar-refractivity contribution is 7.17. The van der Waals surface area contributed by atoms with Crippen LogP contribution in [0.1, 0.15) is 15.2 Å². The number of halogens is 1. The van der Waals surface area contributed by atoms with E-state index in [2.05, 4.69) is 0 Å². The lowest BCUT2D eigenvalue weighted by atomic mass is 10.1. The number of hydrogen-bond acceptors (Lipinski definition) is 4. The van der Waals surface area contributed by atoms with Gasteiger partial charge >= 0.3 is 0 Å². The molecule has 0 saturated carbocycles. The van der Waals surface area contributed by atoms with Crippen LogP contribution < -0.4 is 4.74 Å². The lowest BCUT2D eigenvalue weighted by molar-refractivity contribution is 0.104. The molecule has 28 heavy (non-hydrogen) atoms. The molecule has 5 heteroatoms. The van der Waals surface area contributed by atoms with Gasteiger partial charge in [-0.1, -0.05) is 35.9 Å². The molecule has 1 aromatic heterocycles. The van der Waals surface area contributed by atoms with Crippen molar-refractivity contribution in [1.29, 1.82) is 0 Å². The van der Waals surface area contributed by atoms with Crippen LogP contribution in [0.25, 0.3) is 10.4 Å². The summed E-state index contributed by atoms with van der Waals surface area (Å²) in [4.78, 5) is 14.2. The number of aromatic hydroxyl groups is 1. The van der Waals surface area contributed by atoms with E-state index in [1.165, 1.54) is 17.4 Å². The van der Waals surface area contributed by atoms with Crippen LogP contribution in [0.15, 0.2) is 84.9 Å². The molecule has 0 aliphatic rings. The topological polar surface area (TPSA) is 46.5 Å². The summed E-state index contributed by atoms with van der Waals surface area (Å²) >= 11 is 7.31. The quantitative estimate of drug-likeness (QED) is 0.371. The number of ether oxygens (including phenoxy) is 1. The smallest absolute Gasteiger partial charge is 0.203 e. The molecule has 0 amide bonds. The molecule has 1 N–H and O–H groups in total. The van der Waals surface area contributed by atoms with Crippen LogP contribution in [0.3, 0.4) is 0 Å². The molecule has 0 aliphatic heterocycles. The van der Waals surface area contributed by atoms with Crippen molar-refractivity contribution in [2.45, 2.75) is 0 Å². The van der Waals surface area contributed by atoms with Gasteiger partial charge in [-0.15, -0.1) is 11.3 Å². The number of phenols is 1. The van der Waals surface area contributed by atoms with Crippen LogP contribution in [-0.4, -0.2) is 10.9 Å². The van der Waals surface area contributed by atoms with Gasteiger partial charge in [-0.05, 0) is 66.2 Å². The standard InChI is InChI=1S/C23H15ClO3S/c24-17-7-9-19(10-8-17)27-20-6-2-3-15(14-20)21-11-12-22(28-21)23(26)16-4-1-5-18(25)13-16/h1-14,25H. The van der Waals surface area contributed by atoms with Gasteiger partial charge < -0.3 is 9.84 Å². The second-order valence-corrected chi connectivity index (χ2v) is 7.65. The fourth-order valence-corrected chi connectivity index (χ4v) is 3.85. The molecule has 0 spiro atoms. The van der Waals surface area contributed by atoms with Crippen molar-refractivity contribution in [2.24, 2.45) is 0 Å². The lowest BCUT2D eigenvalue weighted by Crippen LogP contribution is -1.97. The average molecular weight is 407 g/mol. The van der Waals surface area contributed by atoms with Crippen molar-refractivity contribution in [3.8, 4) is 27.7 Å². The summed E-state index contributed by atoms with van der Waals surface area (Å²) in [6.07, 6.45) is 0. The molecule has 4 rings (SSSR count). The van der Waals surface area contributed by atoms with E-state index in [9.17, 15) is 9.90 Å². The van der Waals surface area contributed by atoms with E-state index in [-0.39, 0.29) is 11.5 Å². The molecule has 4 aromatic rings. The van der Waals surface area contributed by atoms with Gasteiger partial charge in [0.25, 0.3) is 0 Å². The molecule has 0 bridgehead atoms. The Bertz CT molecular complexity index is 1130. The van der Waals surface area contributed by atoms with Crippen LogP contribution in [0.2, 0.25) is 5.02 Å². The molecule has 0 radical (unpaired) electrons. The molecule has 0 fully saturated rings. The number of thiophene rings is 1.